The van der Waals surface area contributed by atoms with Gasteiger partial charge in [0.15, 0.2) is 0 Å². The molecule has 0 aliphatic heterocycles. The highest BCUT2D eigenvalue weighted by molar-refractivity contribution is 5.81. The maximum atomic E-state index is 15.8. The fraction of sp³-hybridized carbons (Fsp3) is 0.355. The van der Waals surface area contributed by atoms with E-state index < -0.39 is 29.5 Å². The number of rotatable bonds is 12. The molecule has 0 saturated carbocycles. The van der Waals surface area contributed by atoms with Gasteiger partial charge in [0.05, 0.1) is 41.0 Å². The molecule has 0 bridgehead atoms. The second kappa shape index (κ2) is 13.8. The summed E-state index contributed by atoms with van der Waals surface area (Å²) < 4.78 is 52.1. The van der Waals surface area contributed by atoms with Crippen molar-refractivity contribution in [3.05, 3.63) is 88.7 Å². The zero-order chi connectivity index (χ0) is 30.2. The Balaban J connectivity index is 2.08. The Labute approximate surface area is 239 Å². The van der Waals surface area contributed by atoms with Gasteiger partial charge in [-0.3, -0.25) is 0 Å². The third-order valence-electron chi connectivity index (χ3n) is 6.75. The molecule has 41 heavy (non-hydrogen) atoms. The summed E-state index contributed by atoms with van der Waals surface area (Å²) in [7, 11) is 4.55. The molecule has 0 aliphatic rings. The predicted octanol–water partition coefficient (Wildman–Crippen LogP) is 5.69. The van der Waals surface area contributed by atoms with Crippen molar-refractivity contribution in [2.45, 2.75) is 45.6 Å². The normalized spacial score (nSPS) is 13.0. The van der Waals surface area contributed by atoms with Crippen molar-refractivity contribution in [3.63, 3.8) is 0 Å². The molecule has 0 aliphatic carbocycles. The number of halogens is 2. The zero-order valence-electron chi connectivity index (χ0n) is 24.1. The number of nitrogens with zero attached hydrogens (tertiary/aromatic N) is 1. The van der Waals surface area contributed by atoms with Gasteiger partial charge in [-0.25, -0.2) is 18.4 Å². The Morgan fingerprint density at radius 3 is 2.12 bits per heavy atom. The Bertz CT molecular complexity index is 1370. The second-order valence-electron chi connectivity index (χ2n) is 9.58. The third kappa shape index (κ3) is 7.25. The molecule has 0 radical (unpaired) electrons. The van der Waals surface area contributed by atoms with Crippen molar-refractivity contribution < 1.29 is 37.3 Å². The van der Waals surface area contributed by atoms with E-state index in [0.717, 1.165) is 11.6 Å². The Morgan fingerprint density at radius 1 is 0.927 bits per heavy atom. The number of esters is 1. The Kier molecular flexibility index (Phi) is 10.5. The van der Waals surface area contributed by atoms with Crippen molar-refractivity contribution in [2.24, 2.45) is 0 Å². The van der Waals surface area contributed by atoms with Crippen LogP contribution in [-0.2, 0) is 28.2 Å². The lowest BCUT2D eigenvalue weighted by molar-refractivity contribution is -0.152. The van der Waals surface area contributed by atoms with Crippen LogP contribution in [0.3, 0.4) is 0 Å². The first kappa shape index (κ1) is 31.2. The first-order chi connectivity index (χ1) is 19.6. The molecule has 0 aromatic heterocycles. The summed E-state index contributed by atoms with van der Waals surface area (Å²) in [4.78, 5) is 27.9. The van der Waals surface area contributed by atoms with E-state index >= 15 is 8.78 Å². The first-order valence-electron chi connectivity index (χ1n) is 13.0. The van der Waals surface area contributed by atoms with E-state index in [1.165, 1.54) is 58.3 Å². The van der Waals surface area contributed by atoms with Crippen LogP contribution in [0.15, 0.2) is 60.7 Å². The van der Waals surface area contributed by atoms with Gasteiger partial charge in [-0.05, 0) is 50.6 Å². The van der Waals surface area contributed by atoms with Gasteiger partial charge in [0.1, 0.15) is 28.6 Å². The fourth-order valence-corrected chi connectivity index (χ4v) is 4.48. The monoisotopic (exact) mass is 570 g/mol. The average molecular weight is 571 g/mol. The van der Waals surface area contributed by atoms with Crippen LogP contribution in [-0.4, -0.2) is 51.0 Å². The molecule has 3 aromatic rings. The molecule has 0 heterocycles. The van der Waals surface area contributed by atoms with Crippen LogP contribution >= 0.6 is 0 Å². The number of alkyl halides is 1. The highest BCUT2D eigenvalue weighted by Gasteiger charge is 2.46. The van der Waals surface area contributed by atoms with E-state index in [0.29, 0.717) is 28.4 Å². The number of hydrogen-bond acceptors (Lipinski definition) is 6. The number of amides is 2. The van der Waals surface area contributed by atoms with Gasteiger partial charge in [-0.1, -0.05) is 30.3 Å². The first-order valence-corrected chi connectivity index (χ1v) is 13.0. The van der Waals surface area contributed by atoms with E-state index in [1.807, 2.05) is 25.1 Å². The summed E-state index contributed by atoms with van der Waals surface area (Å²) in [5, 5.41) is 2.60. The lowest BCUT2D eigenvalue weighted by Crippen LogP contribution is -2.56. The van der Waals surface area contributed by atoms with Gasteiger partial charge in [0, 0.05) is 22.8 Å². The highest BCUT2D eigenvalue weighted by Crippen LogP contribution is 2.32. The molecular formula is C31H36F2N2O6. The van der Waals surface area contributed by atoms with E-state index in [4.69, 9.17) is 18.9 Å². The Morgan fingerprint density at radius 2 is 1.54 bits per heavy atom. The number of hydrogen-bond donors (Lipinski definition) is 1. The van der Waals surface area contributed by atoms with Crippen LogP contribution in [0.5, 0.6) is 17.2 Å². The number of urea groups is 1. The molecular weight excluding hydrogens is 534 g/mol. The average Bonchev–Trinajstić information content (AvgIpc) is 2.97. The number of benzene rings is 3. The third-order valence-corrected chi connectivity index (χ3v) is 6.75. The maximum absolute atomic E-state index is 15.8. The van der Waals surface area contributed by atoms with Crippen LogP contribution in [0.2, 0.25) is 0 Å². The second-order valence-corrected chi connectivity index (χ2v) is 9.58. The molecule has 2 amide bonds. The molecule has 220 valence electrons. The molecule has 3 aromatic carbocycles. The van der Waals surface area contributed by atoms with E-state index in [-0.39, 0.29) is 25.3 Å². The Hall–Kier alpha value is -4.34. The van der Waals surface area contributed by atoms with Gasteiger partial charge in [0.25, 0.3) is 0 Å². The number of methoxy groups -OCH3 is 3. The summed E-state index contributed by atoms with van der Waals surface area (Å²) in [5.41, 5.74) is -0.0437. The minimum atomic E-state index is -2.41. The molecule has 0 spiro atoms. The quantitative estimate of drug-likeness (QED) is 0.282. The van der Waals surface area contributed by atoms with Gasteiger partial charge in [-0.15, -0.1) is 0 Å². The van der Waals surface area contributed by atoms with Gasteiger partial charge < -0.3 is 29.2 Å². The van der Waals surface area contributed by atoms with Crippen LogP contribution in [0, 0.1) is 12.7 Å². The summed E-state index contributed by atoms with van der Waals surface area (Å²) in [6.45, 7) is 4.66. The van der Waals surface area contributed by atoms with Crippen molar-refractivity contribution in [3.8, 4) is 17.2 Å². The molecule has 3 rings (SSSR count). The maximum Gasteiger partial charge on any atom is 0.343 e. The molecule has 8 nitrogen and oxygen atoms in total. The summed E-state index contributed by atoms with van der Waals surface area (Å²) >= 11 is 0. The number of ether oxygens (including phenoxy) is 4. The van der Waals surface area contributed by atoms with Crippen molar-refractivity contribution in [1.82, 2.24) is 10.2 Å². The van der Waals surface area contributed by atoms with E-state index in [2.05, 4.69) is 5.32 Å². The van der Waals surface area contributed by atoms with Crippen LogP contribution in [0.4, 0.5) is 13.6 Å². The summed E-state index contributed by atoms with van der Waals surface area (Å²) in [5.74, 6) is -0.433. The number of carbonyl (C=O) groups is 2. The lowest BCUT2D eigenvalue weighted by atomic mass is 9.86. The molecule has 0 fully saturated rings. The predicted molar refractivity (Wildman–Crippen MR) is 150 cm³/mol. The fourth-order valence-electron chi connectivity index (χ4n) is 4.48. The van der Waals surface area contributed by atoms with Crippen molar-refractivity contribution in [2.75, 3.05) is 27.9 Å². The van der Waals surface area contributed by atoms with Crippen molar-refractivity contribution in [1.29, 1.82) is 0 Å². The van der Waals surface area contributed by atoms with Crippen molar-refractivity contribution >= 4 is 12.0 Å². The lowest BCUT2D eigenvalue weighted by Gasteiger charge is -2.36. The molecule has 0 unspecified atom stereocenters. The minimum Gasteiger partial charge on any atom is -0.497 e. The number of aryl methyl sites for hydroxylation is 1. The van der Waals surface area contributed by atoms with Crippen LogP contribution in [0.1, 0.15) is 36.1 Å². The van der Waals surface area contributed by atoms with Gasteiger partial charge in [-0.2, -0.15) is 0 Å². The van der Waals surface area contributed by atoms with Gasteiger partial charge >= 0.3 is 12.0 Å². The van der Waals surface area contributed by atoms with E-state index in [9.17, 15) is 9.59 Å². The number of carbonyl (C=O) groups excluding carboxylic acids is 2. The smallest absolute Gasteiger partial charge is 0.343 e. The number of nitrogens with one attached hydrogen (secondary N) is 1. The van der Waals surface area contributed by atoms with Gasteiger partial charge in [0.2, 0.25) is 6.17 Å². The standard InChI is InChI=1S/C31H36F2N2O6/c1-7-41-29(36)28(33)31(3,24-10-8-9-11-25(24)32)34-30(37)35(18-21-13-12-20(2)16-26(21)39-5)19-22-14-15-23(38-4)17-27(22)40-6/h8-17,28H,7,18-19H2,1-6H3,(H,34,37)/t28-,31+/m0/s1. The van der Waals surface area contributed by atoms with E-state index in [1.54, 1.807) is 18.2 Å². The zero-order valence-corrected chi connectivity index (χ0v) is 24.1. The molecule has 2 atom stereocenters. The van der Waals surface area contributed by atoms with Crippen LogP contribution < -0.4 is 19.5 Å². The topological polar surface area (TPSA) is 86.3 Å². The highest BCUT2D eigenvalue weighted by atomic mass is 19.1. The largest absolute Gasteiger partial charge is 0.497 e. The minimum absolute atomic E-state index is 0.0136. The summed E-state index contributed by atoms with van der Waals surface area (Å²) in [6, 6.07) is 15.3. The molecule has 1 N–H and O–H groups in total. The van der Waals surface area contributed by atoms with Crippen LogP contribution in [0.25, 0.3) is 0 Å². The summed E-state index contributed by atoms with van der Waals surface area (Å²) in [6.07, 6.45) is -2.41. The SMILES string of the molecule is CCOC(=O)[C@H](F)[C@](C)(NC(=O)N(Cc1ccc(C)cc1OC)Cc1ccc(OC)cc1OC)c1ccccc1F. The molecule has 0 saturated heterocycles. The molecule has 10 heteroatoms.